The molecule has 0 aromatic heterocycles. The Balaban J connectivity index is 1.72. The summed E-state index contributed by atoms with van der Waals surface area (Å²) in [6.45, 7) is 1.14. The van der Waals surface area contributed by atoms with Gasteiger partial charge in [-0.25, -0.2) is 0 Å². The van der Waals surface area contributed by atoms with E-state index in [1.54, 1.807) is 6.21 Å². The maximum atomic E-state index is 5.33. The van der Waals surface area contributed by atoms with Crippen molar-refractivity contribution in [2.24, 2.45) is 5.16 Å². The third-order valence-electron chi connectivity index (χ3n) is 3.56. The van der Waals surface area contributed by atoms with Crippen LogP contribution in [0.4, 0.5) is 5.69 Å². The van der Waals surface area contributed by atoms with E-state index in [0.29, 0.717) is 0 Å². The Kier molecular flexibility index (Phi) is 3.68. The fraction of sp³-hybridized carbons (Fsp3) is 0.235. The van der Waals surface area contributed by atoms with Crippen molar-refractivity contribution in [3.63, 3.8) is 0 Å². The van der Waals surface area contributed by atoms with Gasteiger partial charge in [-0.05, 0) is 48.2 Å². The average Bonchev–Trinajstić information content (AvgIpc) is 2.48. The maximum Gasteiger partial charge on any atom is 0.157 e. The van der Waals surface area contributed by atoms with Crippen molar-refractivity contribution in [3.8, 4) is 5.75 Å². The van der Waals surface area contributed by atoms with E-state index in [1.807, 2.05) is 30.3 Å². The smallest absolute Gasteiger partial charge is 0.157 e. The minimum Gasteiger partial charge on any atom is -0.374 e. The van der Waals surface area contributed by atoms with E-state index in [9.17, 15) is 0 Å². The lowest BCUT2D eigenvalue weighted by atomic mass is 10.00. The van der Waals surface area contributed by atoms with Gasteiger partial charge in [-0.3, -0.25) is 0 Å². The van der Waals surface area contributed by atoms with Crippen molar-refractivity contribution >= 4 is 11.9 Å². The Morgan fingerprint density at radius 2 is 2.00 bits per heavy atom. The fourth-order valence-corrected chi connectivity index (χ4v) is 2.51. The van der Waals surface area contributed by atoms with Crippen LogP contribution in [0, 0.1) is 0 Å². The van der Waals surface area contributed by atoms with Gasteiger partial charge in [-0.1, -0.05) is 29.4 Å². The number of aryl methyl sites for hydroxylation is 1. The van der Waals surface area contributed by atoms with Crippen molar-refractivity contribution in [2.45, 2.75) is 12.8 Å². The first-order valence-corrected chi connectivity index (χ1v) is 6.92. The van der Waals surface area contributed by atoms with Gasteiger partial charge in [-0.2, -0.15) is 0 Å². The van der Waals surface area contributed by atoms with Gasteiger partial charge in [0, 0.05) is 19.3 Å². The summed E-state index contributed by atoms with van der Waals surface area (Å²) in [5, 5.41) is 4.04. The standard InChI is InChI=1S/C17H18N2O/c1-19-11-5-6-15-12-14(9-10-17(15)19)13-18-20-16-7-3-2-4-8-16/h2-4,7-10,12-13H,5-6,11H2,1H3. The fourth-order valence-electron chi connectivity index (χ4n) is 2.51. The highest BCUT2D eigenvalue weighted by Crippen LogP contribution is 2.26. The molecule has 0 saturated carbocycles. The number of fused-ring (bicyclic) bond motifs is 1. The van der Waals surface area contributed by atoms with Crippen LogP contribution in [0.1, 0.15) is 17.5 Å². The van der Waals surface area contributed by atoms with Crippen LogP contribution in [0.3, 0.4) is 0 Å². The van der Waals surface area contributed by atoms with Crippen LogP contribution in [-0.4, -0.2) is 19.8 Å². The van der Waals surface area contributed by atoms with Crippen LogP contribution in [0.15, 0.2) is 53.7 Å². The van der Waals surface area contributed by atoms with Crippen molar-refractivity contribution < 1.29 is 4.84 Å². The summed E-state index contributed by atoms with van der Waals surface area (Å²) in [4.78, 5) is 7.64. The van der Waals surface area contributed by atoms with Crippen molar-refractivity contribution in [1.82, 2.24) is 0 Å². The van der Waals surface area contributed by atoms with Gasteiger partial charge in [0.05, 0.1) is 6.21 Å². The molecule has 3 rings (SSSR count). The van der Waals surface area contributed by atoms with E-state index in [2.05, 4.69) is 35.3 Å². The molecule has 0 saturated heterocycles. The molecule has 0 fully saturated rings. The van der Waals surface area contributed by atoms with Crippen molar-refractivity contribution in [1.29, 1.82) is 0 Å². The highest BCUT2D eigenvalue weighted by molar-refractivity contribution is 5.81. The predicted octanol–water partition coefficient (Wildman–Crippen LogP) is 3.48. The lowest BCUT2D eigenvalue weighted by molar-refractivity contribution is 0.344. The Morgan fingerprint density at radius 1 is 1.15 bits per heavy atom. The molecule has 0 unspecified atom stereocenters. The quantitative estimate of drug-likeness (QED) is 0.627. The highest BCUT2D eigenvalue weighted by Gasteiger charge is 2.13. The molecule has 1 aliphatic heterocycles. The summed E-state index contributed by atoms with van der Waals surface area (Å²) in [6.07, 6.45) is 4.12. The van der Waals surface area contributed by atoms with E-state index >= 15 is 0 Å². The molecule has 3 heteroatoms. The topological polar surface area (TPSA) is 24.8 Å². The van der Waals surface area contributed by atoms with Gasteiger partial charge in [0.2, 0.25) is 0 Å². The summed E-state index contributed by atoms with van der Waals surface area (Å²) in [6, 6.07) is 16.0. The normalized spacial score (nSPS) is 14.3. The van der Waals surface area contributed by atoms with E-state index in [4.69, 9.17) is 4.84 Å². The minimum atomic E-state index is 0.751. The second-order valence-corrected chi connectivity index (χ2v) is 5.05. The first-order valence-electron chi connectivity index (χ1n) is 6.92. The monoisotopic (exact) mass is 266 g/mol. The highest BCUT2D eigenvalue weighted by atomic mass is 16.6. The van der Waals surface area contributed by atoms with E-state index < -0.39 is 0 Å². The molecule has 3 nitrogen and oxygen atoms in total. The second kappa shape index (κ2) is 5.78. The van der Waals surface area contributed by atoms with Crippen LogP contribution >= 0.6 is 0 Å². The molecule has 0 amide bonds. The van der Waals surface area contributed by atoms with Crippen LogP contribution < -0.4 is 9.74 Å². The SMILES string of the molecule is CN1CCCc2cc(C=NOc3ccccc3)ccc21. The molecule has 0 atom stereocenters. The molecule has 102 valence electrons. The first-order chi connectivity index (χ1) is 9.83. The van der Waals surface area contributed by atoms with Gasteiger partial charge < -0.3 is 9.74 Å². The molecule has 20 heavy (non-hydrogen) atoms. The zero-order valence-corrected chi connectivity index (χ0v) is 11.6. The molecule has 0 N–H and O–H groups in total. The largest absolute Gasteiger partial charge is 0.374 e. The van der Waals surface area contributed by atoms with Crippen molar-refractivity contribution in [3.05, 3.63) is 59.7 Å². The first kappa shape index (κ1) is 12.7. The van der Waals surface area contributed by atoms with Crippen LogP contribution in [0.2, 0.25) is 0 Å². The van der Waals surface area contributed by atoms with Crippen LogP contribution in [0.5, 0.6) is 5.75 Å². The number of rotatable bonds is 3. The number of hydrogen-bond donors (Lipinski definition) is 0. The summed E-state index contributed by atoms with van der Waals surface area (Å²) < 4.78 is 0. The van der Waals surface area contributed by atoms with Crippen LogP contribution in [-0.2, 0) is 6.42 Å². The summed E-state index contributed by atoms with van der Waals surface area (Å²) >= 11 is 0. The second-order valence-electron chi connectivity index (χ2n) is 5.05. The Morgan fingerprint density at radius 3 is 2.85 bits per heavy atom. The lowest BCUT2D eigenvalue weighted by Gasteiger charge is -2.27. The summed E-state index contributed by atoms with van der Waals surface area (Å²) in [7, 11) is 2.14. The molecule has 1 heterocycles. The number of para-hydroxylation sites is 1. The summed E-state index contributed by atoms with van der Waals surface area (Å²) in [5.74, 6) is 0.751. The lowest BCUT2D eigenvalue weighted by Crippen LogP contribution is -2.24. The Bertz CT molecular complexity index is 608. The summed E-state index contributed by atoms with van der Waals surface area (Å²) in [5.41, 5.74) is 3.80. The molecule has 0 aliphatic carbocycles. The third-order valence-corrected chi connectivity index (χ3v) is 3.56. The third kappa shape index (κ3) is 2.82. The molecule has 0 spiro atoms. The van der Waals surface area contributed by atoms with Gasteiger partial charge in [0.1, 0.15) is 0 Å². The molecular formula is C17H18N2O. The number of nitrogens with zero attached hydrogens (tertiary/aromatic N) is 2. The Labute approximate surface area is 119 Å². The van der Waals surface area contributed by atoms with Gasteiger partial charge in [-0.15, -0.1) is 0 Å². The zero-order valence-electron chi connectivity index (χ0n) is 11.6. The zero-order chi connectivity index (χ0) is 13.8. The van der Waals surface area contributed by atoms with Gasteiger partial charge in [0.25, 0.3) is 0 Å². The number of benzene rings is 2. The van der Waals surface area contributed by atoms with Crippen molar-refractivity contribution in [2.75, 3.05) is 18.5 Å². The van der Waals surface area contributed by atoms with Gasteiger partial charge >= 0.3 is 0 Å². The van der Waals surface area contributed by atoms with E-state index in [1.165, 1.54) is 17.7 Å². The molecule has 2 aromatic rings. The number of anilines is 1. The molecular weight excluding hydrogens is 248 g/mol. The molecule has 2 aromatic carbocycles. The van der Waals surface area contributed by atoms with E-state index in [-0.39, 0.29) is 0 Å². The van der Waals surface area contributed by atoms with Crippen LogP contribution in [0.25, 0.3) is 0 Å². The Hall–Kier alpha value is -2.29. The maximum absolute atomic E-state index is 5.33. The molecule has 0 radical (unpaired) electrons. The predicted molar refractivity (Wildman–Crippen MR) is 82.7 cm³/mol. The molecule has 0 bridgehead atoms. The number of hydrogen-bond acceptors (Lipinski definition) is 3. The number of oxime groups is 1. The minimum absolute atomic E-state index is 0.751. The van der Waals surface area contributed by atoms with Gasteiger partial charge in [0.15, 0.2) is 5.75 Å². The van der Waals surface area contributed by atoms with E-state index in [0.717, 1.165) is 24.3 Å². The molecule has 1 aliphatic rings. The average molecular weight is 266 g/mol.